The van der Waals surface area contributed by atoms with Gasteiger partial charge in [-0.2, -0.15) is 4.98 Å². The molecule has 2 bridgehead atoms. The summed E-state index contributed by atoms with van der Waals surface area (Å²) in [5.41, 5.74) is 0.887. The zero-order valence-electron chi connectivity index (χ0n) is 16.2. The maximum absolute atomic E-state index is 5.79. The van der Waals surface area contributed by atoms with Gasteiger partial charge in [0, 0.05) is 18.2 Å². The van der Waals surface area contributed by atoms with Gasteiger partial charge in [0.1, 0.15) is 13.2 Å². The van der Waals surface area contributed by atoms with Gasteiger partial charge in [-0.25, -0.2) is 0 Å². The van der Waals surface area contributed by atoms with E-state index >= 15 is 0 Å². The van der Waals surface area contributed by atoms with Gasteiger partial charge in [-0.15, -0.1) is 0 Å². The number of hydrogen-bond acceptors (Lipinski definition) is 8. The number of pyridine rings is 1. The molecule has 2 heterocycles. The summed E-state index contributed by atoms with van der Waals surface area (Å²) in [7, 11) is 0. The zero-order chi connectivity index (χ0) is 19.0. The molecule has 0 N–H and O–H groups in total. The van der Waals surface area contributed by atoms with Gasteiger partial charge in [-0.3, -0.25) is 0 Å². The van der Waals surface area contributed by atoms with Gasteiger partial charge in [0.05, 0.1) is 59.5 Å². The fraction of sp³-hybridized carbons (Fsp3) is 0.737. The zero-order valence-corrected chi connectivity index (χ0v) is 16.2. The van der Waals surface area contributed by atoms with E-state index in [0.717, 1.165) is 12.0 Å². The average molecular weight is 385 g/mol. The number of hydrogen-bond donors (Lipinski definition) is 0. The molecule has 0 saturated heterocycles. The van der Waals surface area contributed by atoms with Crippen molar-refractivity contribution in [1.82, 2.24) is 4.98 Å². The smallest absolute Gasteiger partial charge is 0.222 e. The van der Waals surface area contributed by atoms with E-state index in [9.17, 15) is 0 Å². The molecule has 8 nitrogen and oxygen atoms in total. The van der Waals surface area contributed by atoms with Crippen LogP contribution in [0.4, 0.5) is 0 Å². The molecule has 0 aromatic carbocycles. The van der Waals surface area contributed by atoms with Crippen molar-refractivity contribution in [3.63, 3.8) is 0 Å². The standard InChI is InChI=1S/C19H31NO7/c1-2-5-25-16-17-3-4-18-20-19(17)27-15-13-24-11-9-22-7-6-21-8-10-23-12-14-26-18/h3-4H,2,5-16H2,1H3. The largest absolute Gasteiger partial charge is 0.475 e. The quantitative estimate of drug-likeness (QED) is 0.727. The lowest BCUT2D eigenvalue weighted by Crippen LogP contribution is -2.14. The first-order chi connectivity index (χ1) is 13.4. The maximum atomic E-state index is 5.79. The van der Waals surface area contributed by atoms with Gasteiger partial charge in [0.25, 0.3) is 0 Å². The Bertz CT molecular complexity index is 501. The lowest BCUT2D eigenvalue weighted by molar-refractivity contribution is -0.00669. The van der Waals surface area contributed by atoms with E-state index < -0.39 is 0 Å². The lowest BCUT2D eigenvalue weighted by Gasteiger charge is -2.13. The summed E-state index contributed by atoms with van der Waals surface area (Å²) in [6.45, 7) is 8.11. The van der Waals surface area contributed by atoms with Crippen molar-refractivity contribution in [3.8, 4) is 11.8 Å². The van der Waals surface area contributed by atoms with Crippen LogP contribution in [0.5, 0.6) is 11.8 Å². The minimum absolute atomic E-state index is 0.392. The van der Waals surface area contributed by atoms with Crippen molar-refractivity contribution < 1.29 is 33.2 Å². The first kappa shape index (κ1) is 21.8. The molecule has 0 radical (unpaired) electrons. The Labute approximate surface area is 161 Å². The molecule has 0 atom stereocenters. The van der Waals surface area contributed by atoms with Crippen molar-refractivity contribution >= 4 is 0 Å². The van der Waals surface area contributed by atoms with Crippen LogP contribution >= 0.6 is 0 Å². The Morgan fingerprint density at radius 3 is 1.93 bits per heavy atom. The molecule has 0 spiro atoms. The Hall–Kier alpha value is -1.45. The summed E-state index contributed by atoms with van der Waals surface area (Å²) >= 11 is 0. The fourth-order valence-electron chi connectivity index (χ4n) is 2.26. The molecular formula is C19H31NO7. The summed E-state index contributed by atoms with van der Waals surface area (Å²) in [5, 5.41) is 0. The maximum Gasteiger partial charge on any atom is 0.222 e. The lowest BCUT2D eigenvalue weighted by atomic mass is 10.3. The van der Waals surface area contributed by atoms with Crippen LogP contribution in [0.3, 0.4) is 0 Å². The van der Waals surface area contributed by atoms with E-state index in [0.29, 0.717) is 91.0 Å². The van der Waals surface area contributed by atoms with E-state index in [1.165, 1.54) is 0 Å². The second-order valence-corrected chi connectivity index (χ2v) is 5.81. The van der Waals surface area contributed by atoms with E-state index in [2.05, 4.69) is 11.9 Å². The molecule has 0 unspecified atom stereocenters. The highest BCUT2D eigenvalue weighted by molar-refractivity contribution is 5.30. The molecule has 0 saturated carbocycles. The molecule has 0 aliphatic carbocycles. The SMILES string of the molecule is CCCOCc1ccc2nc1OCCOCCOCCOCCOCCO2. The molecule has 0 fully saturated rings. The minimum atomic E-state index is 0.392. The first-order valence-corrected chi connectivity index (χ1v) is 9.54. The number of ether oxygens (including phenoxy) is 7. The number of nitrogens with zero attached hydrogens (tertiary/aromatic N) is 1. The number of rotatable bonds is 4. The normalized spacial score (nSPS) is 18.4. The van der Waals surface area contributed by atoms with Crippen LogP contribution in [0.25, 0.3) is 0 Å². The summed E-state index contributed by atoms with van der Waals surface area (Å²) in [6, 6.07) is 3.73. The van der Waals surface area contributed by atoms with Crippen molar-refractivity contribution in [1.29, 1.82) is 0 Å². The molecule has 1 aromatic heterocycles. The van der Waals surface area contributed by atoms with E-state index in [1.54, 1.807) is 0 Å². The van der Waals surface area contributed by atoms with Crippen molar-refractivity contribution in [2.24, 2.45) is 0 Å². The molecule has 1 aliphatic heterocycles. The summed E-state index contributed by atoms with van der Waals surface area (Å²) < 4.78 is 38.9. The van der Waals surface area contributed by atoms with Crippen molar-refractivity contribution in [2.45, 2.75) is 20.0 Å². The minimum Gasteiger partial charge on any atom is -0.475 e. The Kier molecular flexibility index (Phi) is 11.8. The third-order valence-electron chi connectivity index (χ3n) is 3.58. The summed E-state index contributed by atoms with van der Waals surface area (Å²) in [4.78, 5) is 4.44. The number of fused-ring (bicyclic) bond motifs is 2. The van der Waals surface area contributed by atoms with Gasteiger partial charge in [0.15, 0.2) is 0 Å². The Balaban J connectivity index is 1.90. The molecule has 1 aromatic rings. The highest BCUT2D eigenvalue weighted by Gasteiger charge is 2.09. The Morgan fingerprint density at radius 1 is 0.778 bits per heavy atom. The third kappa shape index (κ3) is 9.88. The van der Waals surface area contributed by atoms with Gasteiger partial charge in [0.2, 0.25) is 11.8 Å². The average Bonchev–Trinajstić information content (AvgIpc) is 2.68. The topological polar surface area (TPSA) is 77.5 Å². The third-order valence-corrected chi connectivity index (χ3v) is 3.58. The van der Waals surface area contributed by atoms with Crippen molar-refractivity contribution in [2.75, 3.05) is 72.7 Å². The highest BCUT2D eigenvalue weighted by Crippen LogP contribution is 2.21. The van der Waals surface area contributed by atoms with Gasteiger partial charge in [-0.1, -0.05) is 6.92 Å². The fourth-order valence-corrected chi connectivity index (χ4v) is 2.26. The van der Waals surface area contributed by atoms with Crippen molar-refractivity contribution in [3.05, 3.63) is 17.7 Å². The van der Waals surface area contributed by atoms with Gasteiger partial charge in [-0.05, 0) is 12.5 Å². The van der Waals surface area contributed by atoms with Crippen LogP contribution in [0.2, 0.25) is 0 Å². The van der Waals surface area contributed by atoms with Gasteiger partial charge < -0.3 is 33.2 Å². The molecule has 1 aliphatic rings. The summed E-state index contributed by atoms with van der Waals surface area (Å²) in [6.07, 6.45) is 0.964. The van der Waals surface area contributed by atoms with Crippen LogP contribution in [0, 0.1) is 0 Å². The monoisotopic (exact) mass is 385 g/mol. The molecule has 0 amide bonds. The van der Waals surface area contributed by atoms with Crippen LogP contribution in [-0.4, -0.2) is 77.7 Å². The molecule has 8 heteroatoms. The predicted molar refractivity (Wildman–Crippen MR) is 98.5 cm³/mol. The van der Waals surface area contributed by atoms with E-state index in [4.69, 9.17) is 33.2 Å². The highest BCUT2D eigenvalue weighted by atomic mass is 16.6. The Morgan fingerprint density at radius 2 is 1.33 bits per heavy atom. The molecular weight excluding hydrogens is 354 g/mol. The van der Waals surface area contributed by atoms with E-state index in [-0.39, 0.29) is 0 Å². The van der Waals surface area contributed by atoms with Crippen LogP contribution in [0.1, 0.15) is 18.9 Å². The molecule has 154 valence electrons. The molecule has 27 heavy (non-hydrogen) atoms. The second-order valence-electron chi connectivity index (χ2n) is 5.81. The first-order valence-electron chi connectivity index (χ1n) is 9.54. The van der Waals surface area contributed by atoms with Crippen LogP contribution < -0.4 is 9.47 Å². The molecule has 2 rings (SSSR count). The predicted octanol–water partition coefficient (Wildman–Crippen LogP) is 1.85. The summed E-state index contributed by atoms with van der Waals surface area (Å²) in [5.74, 6) is 1.01. The van der Waals surface area contributed by atoms with E-state index in [1.807, 2.05) is 12.1 Å². The van der Waals surface area contributed by atoms with Gasteiger partial charge >= 0.3 is 0 Å². The van der Waals surface area contributed by atoms with Crippen LogP contribution in [-0.2, 0) is 30.3 Å². The van der Waals surface area contributed by atoms with Crippen LogP contribution in [0.15, 0.2) is 12.1 Å². The second kappa shape index (κ2) is 14.6. The number of aromatic nitrogens is 1.